The fourth-order valence-corrected chi connectivity index (χ4v) is 5.23. The molecule has 0 bridgehead atoms. The van der Waals surface area contributed by atoms with Crippen LogP contribution in [0.15, 0.2) is 12.1 Å². The average Bonchev–Trinajstić information content (AvgIpc) is 3.37. The van der Waals surface area contributed by atoms with E-state index in [1.165, 1.54) is 0 Å². The summed E-state index contributed by atoms with van der Waals surface area (Å²) in [6.07, 6.45) is 2.77. The lowest BCUT2D eigenvalue weighted by Crippen LogP contribution is -2.49. The van der Waals surface area contributed by atoms with Gasteiger partial charge in [0.15, 0.2) is 5.82 Å². The zero-order valence-corrected chi connectivity index (χ0v) is 17.9. The molecule has 2 fully saturated rings. The van der Waals surface area contributed by atoms with Gasteiger partial charge >= 0.3 is 0 Å². The minimum absolute atomic E-state index is 0.0657. The van der Waals surface area contributed by atoms with Crippen molar-refractivity contribution in [1.29, 1.82) is 0 Å². The van der Waals surface area contributed by atoms with Gasteiger partial charge in [0.2, 0.25) is 0 Å². The second-order valence-electron chi connectivity index (χ2n) is 8.57. The normalized spacial score (nSPS) is 22.4. The number of rotatable bonds is 3. The van der Waals surface area contributed by atoms with E-state index in [9.17, 15) is 5.11 Å². The van der Waals surface area contributed by atoms with E-state index in [-0.39, 0.29) is 18.1 Å². The largest absolute Gasteiger partial charge is 0.491 e. The van der Waals surface area contributed by atoms with Crippen LogP contribution in [-0.2, 0) is 17.8 Å². The van der Waals surface area contributed by atoms with E-state index in [0.717, 1.165) is 67.3 Å². The van der Waals surface area contributed by atoms with Crippen LogP contribution < -0.4 is 15.4 Å². The molecule has 3 aliphatic heterocycles. The van der Waals surface area contributed by atoms with Crippen molar-refractivity contribution in [2.24, 2.45) is 11.1 Å². The second kappa shape index (κ2) is 7.64. The van der Waals surface area contributed by atoms with Crippen LogP contribution >= 0.6 is 11.6 Å². The number of fused-ring (bicyclic) bond motifs is 1. The van der Waals surface area contributed by atoms with Crippen LogP contribution in [-0.4, -0.2) is 54.0 Å². The maximum absolute atomic E-state index is 10.1. The lowest BCUT2D eigenvalue weighted by Gasteiger charge is -2.41. The van der Waals surface area contributed by atoms with Crippen molar-refractivity contribution >= 4 is 17.4 Å². The third kappa shape index (κ3) is 3.15. The van der Waals surface area contributed by atoms with Crippen molar-refractivity contribution in [3.63, 3.8) is 0 Å². The van der Waals surface area contributed by atoms with Crippen molar-refractivity contribution in [1.82, 2.24) is 9.97 Å². The van der Waals surface area contributed by atoms with E-state index >= 15 is 0 Å². The molecule has 160 valence electrons. The molecule has 0 aliphatic carbocycles. The molecule has 0 unspecified atom stereocenters. The minimum atomic E-state index is -0.182. The number of hydrogen-bond acceptors (Lipinski definition) is 7. The second-order valence-corrected chi connectivity index (χ2v) is 8.95. The van der Waals surface area contributed by atoms with Gasteiger partial charge in [-0.05, 0) is 25.3 Å². The Kier molecular flexibility index (Phi) is 5.09. The Bertz CT molecular complexity index is 975. The number of benzene rings is 1. The van der Waals surface area contributed by atoms with Gasteiger partial charge in [-0.15, -0.1) is 0 Å². The summed E-state index contributed by atoms with van der Waals surface area (Å²) in [5, 5.41) is 10.6. The predicted octanol–water partition coefficient (Wildman–Crippen LogP) is 2.48. The zero-order valence-electron chi connectivity index (χ0n) is 17.2. The zero-order chi connectivity index (χ0) is 20.9. The van der Waals surface area contributed by atoms with E-state index in [4.69, 9.17) is 36.8 Å². The number of aliphatic hydroxyl groups excluding tert-OH is 1. The predicted molar refractivity (Wildman–Crippen MR) is 115 cm³/mol. The molecule has 2 saturated heterocycles. The molecule has 0 amide bonds. The number of aliphatic hydroxyl groups is 1. The van der Waals surface area contributed by atoms with Gasteiger partial charge in [0.25, 0.3) is 0 Å². The van der Waals surface area contributed by atoms with Crippen LogP contribution in [0.4, 0.5) is 5.82 Å². The average molecular weight is 431 g/mol. The van der Waals surface area contributed by atoms with Gasteiger partial charge in [0, 0.05) is 36.5 Å². The van der Waals surface area contributed by atoms with Crippen molar-refractivity contribution in [2.45, 2.75) is 38.8 Å². The molecule has 1 aromatic carbocycles. The van der Waals surface area contributed by atoms with Crippen LogP contribution in [0.1, 0.15) is 29.8 Å². The van der Waals surface area contributed by atoms with Gasteiger partial charge in [-0.3, -0.25) is 0 Å². The molecule has 0 saturated carbocycles. The van der Waals surface area contributed by atoms with Gasteiger partial charge in [-0.1, -0.05) is 23.7 Å². The van der Waals surface area contributed by atoms with Crippen LogP contribution in [0.25, 0.3) is 11.3 Å². The maximum atomic E-state index is 10.1. The maximum Gasteiger partial charge on any atom is 0.153 e. The molecule has 2 aromatic rings. The highest BCUT2D eigenvalue weighted by Crippen LogP contribution is 2.42. The van der Waals surface area contributed by atoms with E-state index in [0.29, 0.717) is 29.6 Å². The van der Waals surface area contributed by atoms with Crippen molar-refractivity contribution in [2.75, 3.05) is 37.8 Å². The highest BCUT2D eigenvalue weighted by molar-refractivity contribution is 6.35. The highest BCUT2D eigenvalue weighted by Gasteiger charge is 2.44. The summed E-state index contributed by atoms with van der Waals surface area (Å²) in [7, 11) is 0. The number of halogens is 1. The number of piperidine rings is 1. The lowest BCUT2D eigenvalue weighted by molar-refractivity contribution is 0.131. The number of aromatic nitrogens is 2. The number of nitrogens with zero attached hydrogens (tertiary/aromatic N) is 3. The first kappa shape index (κ1) is 20.0. The summed E-state index contributed by atoms with van der Waals surface area (Å²) in [6, 6.07) is 4.10. The fourth-order valence-electron chi connectivity index (χ4n) is 4.90. The molecule has 8 heteroatoms. The number of hydrogen-bond donors (Lipinski definition) is 2. The third-order valence-corrected chi connectivity index (χ3v) is 7.23. The highest BCUT2D eigenvalue weighted by atomic mass is 35.5. The summed E-state index contributed by atoms with van der Waals surface area (Å²) >= 11 is 6.64. The Morgan fingerprint density at radius 1 is 1.30 bits per heavy atom. The molecule has 3 aliphatic rings. The van der Waals surface area contributed by atoms with E-state index in [2.05, 4.69) is 4.90 Å². The smallest absolute Gasteiger partial charge is 0.153 e. The minimum Gasteiger partial charge on any atom is -0.491 e. The van der Waals surface area contributed by atoms with Crippen molar-refractivity contribution in [3.05, 3.63) is 34.1 Å². The monoisotopic (exact) mass is 430 g/mol. The van der Waals surface area contributed by atoms with Gasteiger partial charge in [0.1, 0.15) is 11.4 Å². The summed E-state index contributed by atoms with van der Waals surface area (Å²) in [4.78, 5) is 11.8. The van der Waals surface area contributed by atoms with Crippen molar-refractivity contribution in [3.8, 4) is 17.0 Å². The molecule has 3 N–H and O–H groups in total. The summed E-state index contributed by atoms with van der Waals surface area (Å²) < 4.78 is 11.3. The topological polar surface area (TPSA) is 93.7 Å². The first-order chi connectivity index (χ1) is 14.5. The van der Waals surface area contributed by atoms with E-state index < -0.39 is 0 Å². The summed E-state index contributed by atoms with van der Waals surface area (Å²) in [5.41, 5.74) is 10.3. The molecule has 5 rings (SSSR count). The van der Waals surface area contributed by atoms with Gasteiger partial charge in [0.05, 0.1) is 42.8 Å². The van der Waals surface area contributed by atoms with Crippen LogP contribution in [0.5, 0.6) is 5.75 Å². The van der Waals surface area contributed by atoms with Gasteiger partial charge < -0.3 is 25.2 Å². The lowest BCUT2D eigenvalue weighted by atomic mass is 9.75. The summed E-state index contributed by atoms with van der Waals surface area (Å²) in [5.74, 6) is 1.48. The molecule has 0 radical (unpaired) electrons. The molecule has 7 nitrogen and oxygen atoms in total. The Balaban J connectivity index is 1.46. The number of nitrogens with two attached hydrogens (primary N) is 1. The fraction of sp³-hybridized carbons (Fsp3) is 0.545. The first-order valence-electron chi connectivity index (χ1n) is 10.5. The number of ether oxygens (including phenoxy) is 2. The van der Waals surface area contributed by atoms with Crippen LogP contribution in [0.3, 0.4) is 0 Å². The molecule has 1 atom stereocenters. The van der Waals surface area contributed by atoms with Gasteiger partial charge in [-0.2, -0.15) is 0 Å². The van der Waals surface area contributed by atoms with Gasteiger partial charge in [-0.25, -0.2) is 9.97 Å². The number of anilines is 1. The molecule has 4 heterocycles. The van der Waals surface area contributed by atoms with Crippen LogP contribution in [0, 0.1) is 12.3 Å². The third-order valence-electron chi connectivity index (χ3n) is 6.85. The Labute approximate surface area is 181 Å². The molecular formula is C22H27ClN4O3. The van der Waals surface area contributed by atoms with Crippen molar-refractivity contribution < 1.29 is 14.6 Å². The standard InChI is InChI=1S/C22H27ClN4O3/c1-13-19(15-3-2-14-4-9-30-20(14)18(15)23)26-16(10-28)21(25-13)27-7-5-22(6-8-27)12-29-11-17(22)24/h2-3,17,28H,4-12,24H2,1H3/t17-/m1/s1. The molecule has 1 aromatic heterocycles. The Hall–Kier alpha value is -1.93. The molecule has 30 heavy (non-hydrogen) atoms. The molecule has 1 spiro atoms. The first-order valence-corrected chi connectivity index (χ1v) is 10.9. The Morgan fingerprint density at radius 3 is 2.80 bits per heavy atom. The van der Waals surface area contributed by atoms with E-state index in [1.54, 1.807) is 0 Å². The van der Waals surface area contributed by atoms with E-state index in [1.807, 2.05) is 19.1 Å². The van der Waals surface area contributed by atoms with Crippen LogP contribution in [0.2, 0.25) is 5.02 Å². The number of aryl methyl sites for hydroxylation is 1. The molecular weight excluding hydrogens is 404 g/mol. The summed E-state index contributed by atoms with van der Waals surface area (Å²) in [6.45, 7) is 5.42. The Morgan fingerprint density at radius 2 is 2.10 bits per heavy atom. The quantitative estimate of drug-likeness (QED) is 0.772. The SMILES string of the molecule is Cc1nc(N2CCC3(CC2)COC[C@H]3N)c(CO)nc1-c1ccc2c(c1Cl)OCC2.